The molecule has 0 bridgehead atoms. The quantitative estimate of drug-likeness (QED) is 0.756. The summed E-state index contributed by atoms with van der Waals surface area (Å²) in [5.41, 5.74) is 0. The summed E-state index contributed by atoms with van der Waals surface area (Å²) in [5, 5.41) is 9.29. The van der Waals surface area contributed by atoms with Crippen molar-refractivity contribution in [3.05, 3.63) is 12.7 Å². The number of rotatable bonds is 4. The number of nitrogens with zero attached hydrogens (tertiary/aromatic N) is 1. The van der Waals surface area contributed by atoms with Gasteiger partial charge in [-0.05, 0) is 31.1 Å². The molecular formula is C13H19NO3. The molecule has 0 radical (unpaired) electrons. The van der Waals surface area contributed by atoms with Gasteiger partial charge in [-0.2, -0.15) is 0 Å². The van der Waals surface area contributed by atoms with Crippen molar-refractivity contribution in [1.82, 2.24) is 4.90 Å². The Morgan fingerprint density at radius 1 is 1.41 bits per heavy atom. The molecule has 2 rings (SSSR count). The van der Waals surface area contributed by atoms with Crippen molar-refractivity contribution in [2.45, 2.75) is 38.1 Å². The second-order valence-corrected chi connectivity index (χ2v) is 5.01. The van der Waals surface area contributed by atoms with Gasteiger partial charge in [-0.1, -0.05) is 12.5 Å². The minimum Gasteiger partial charge on any atom is -0.480 e. The lowest BCUT2D eigenvalue weighted by atomic mass is 9.94. The van der Waals surface area contributed by atoms with E-state index in [4.69, 9.17) is 0 Å². The van der Waals surface area contributed by atoms with Crippen molar-refractivity contribution in [2.75, 3.05) is 6.54 Å². The normalized spacial score (nSPS) is 31.3. The van der Waals surface area contributed by atoms with E-state index >= 15 is 0 Å². The van der Waals surface area contributed by atoms with E-state index in [2.05, 4.69) is 6.58 Å². The summed E-state index contributed by atoms with van der Waals surface area (Å²) < 4.78 is 0. The molecule has 3 unspecified atom stereocenters. The van der Waals surface area contributed by atoms with Gasteiger partial charge in [0.2, 0.25) is 5.91 Å². The number of fused-ring (bicyclic) bond motifs is 1. The number of hydrogen-bond acceptors (Lipinski definition) is 2. The Hall–Kier alpha value is -1.32. The summed E-state index contributed by atoms with van der Waals surface area (Å²) in [6, 6.07) is -0.584. The second kappa shape index (κ2) is 4.90. The zero-order chi connectivity index (χ0) is 12.4. The maximum atomic E-state index is 12.0. The van der Waals surface area contributed by atoms with Gasteiger partial charge in [-0.15, -0.1) is 6.58 Å². The molecule has 1 saturated carbocycles. The van der Waals surface area contributed by atoms with E-state index in [1.165, 1.54) is 0 Å². The molecule has 1 N–H and O–H groups in total. The van der Waals surface area contributed by atoms with Crippen molar-refractivity contribution in [1.29, 1.82) is 0 Å². The van der Waals surface area contributed by atoms with Crippen LogP contribution in [-0.4, -0.2) is 34.5 Å². The van der Waals surface area contributed by atoms with E-state index in [0.29, 0.717) is 25.3 Å². The van der Waals surface area contributed by atoms with Crippen LogP contribution in [-0.2, 0) is 9.59 Å². The van der Waals surface area contributed by atoms with Crippen molar-refractivity contribution >= 4 is 11.9 Å². The highest BCUT2D eigenvalue weighted by molar-refractivity contribution is 5.84. The molecule has 1 aliphatic heterocycles. The van der Waals surface area contributed by atoms with Crippen LogP contribution in [0.4, 0.5) is 0 Å². The van der Waals surface area contributed by atoms with Crippen molar-refractivity contribution in [2.24, 2.45) is 11.8 Å². The Morgan fingerprint density at radius 2 is 2.18 bits per heavy atom. The second-order valence-electron chi connectivity index (χ2n) is 5.01. The van der Waals surface area contributed by atoms with Crippen LogP contribution >= 0.6 is 0 Å². The number of carbonyl (C=O) groups is 2. The van der Waals surface area contributed by atoms with Gasteiger partial charge in [0.05, 0.1) is 0 Å². The van der Waals surface area contributed by atoms with Crippen molar-refractivity contribution in [3.63, 3.8) is 0 Å². The molecule has 3 atom stereocenters. The zero-order valence-electron chi connectivity index (χ0n) is 9.97. The first-order chi connectivity index (χ1) is 8.15. The van der Waals surface area contributed by atoms with Gasteiger partial charge in [-0.25, -0.2) is 4.79 Å². The van der Waals surface area contributed by atoms with Crippen LogP contribution in [0.25, 0.3) is 0 Å². The van der Waals surface area contributed by atoms with Crippen LogP contribution < -0.4 is 0 Å². The Kier molecular flexibility index (Phi) is 3.50. The minimum atomic E-state index is -0.841. The zero-order valence-corrected chi connectivity index (χ0v) is 9.97. The van der Waals surface area contributed by atoms with Gasteiger partial charge in [0, 0.05) is 13.0 Å². The average Bonchev–Trinajstić information content (AvgIpc) is 2.83. The number of aliphatic carboxylic acids is 1. The molecule has 0 aromatic heterocycles. The summed E-state index contributed by atoms with van der Waals surface area (Å²) >= 11 is 0. The van der Waals surface area contributed by atoms with Crippen molar-refractivity contribution in [3.8, 4) is 0 Å². The number of carbonyl (C=O) groups excluding carboxylic acids is 1. The smallest absolute Gasteiger partial charge is 0.326 e. The fourth-order valence-electron chi connectivity index (χ4n) is 3.25. The summed E-state index contributed by atoms with van der Waals surface area (Å²) in [4.78, 5) is 24.9. The molecule has 2 fully saturated rings. The van der Waals surface area contributed by atoms with E-state index in [-0.39, 0.29) is 11.8 Å². The third-order valence-electron chi connectivity index (χ3n) is 4.03. The van der Waals surface area contributed by atoms with E-state index in [0.717, 1.165) is 19.3 Å². The molecule has 4 nitrogen and oxygen atoms in total. The van der Waals surface area contributed by atoms with Crippen LogP contribution in [0.3, 0.4) is 0 Å². The first-order valence-corrected chi connectivity index (χ1v) is 6.28. The predicted molar refractivity (Wildman–Crippen MR) is 63.4 cm³/mol. The van der Waals surface area contributed by atoms with E-state index in [1.807, 2.05) is 0 Å². The predicted octanol–water partition coefficient (Wildman–Crippen LogP) is 1.66. The molecule has 0 spiro atoms. The van der Waals surface area contributed by atoms with Gasteiger partial charge in [-0.3, -0.25) is 4.79 Å². The highest BCUT2D eigenvalue weighted by atomic mass is 16.4. The minimum absolute atomic E-state index is 0.0355. The number of amides is 1. The third-order valence-corrected chi connectivity index (χ3v) is 4.03. The Balaban J connectivity index is 2.08. The molecule has 1 aliphatic carbocycles. The third kappa shape index (κ3) is 2.21. The van der Waals surface area contributed by atoms with Gasteiger partial charge < -0.3 is 10.0 Å². The highest BCUT2D eigenvalue weighted by Crippen LogP contribution is 2.42. The number of allylic oxidation sites excluding steroid dienone is 1. The first kappa shape index (κ1) is 12.1. The first-order valence-electron chi connectivity index (χ1n) is 6.28. The molecule has 0 aromatic carbocycles. The summed E-state index contributed by atoms with van der Waals surface area (Å²) in [6.07, 6.45) is 5.83. The van der Waals surface area contributed by atoms with Crippen molar-refractivity contribution < 1.29 is 14.7 Å². The Labute approximate surface area is 101 Å². The Bertz CT molecular complexity index is 340. The monoisotopic (exact) mass is 237 g/mol. The topological polar surface area (TPSA) is 57.6 Å². The fourth-order valence-corrected chi connectivity index (χ4v) is 3.25. The number of carboxylic acids is 1. The lowest BCUT2D eigenvalue weighted by molar-refractivity contribution is -0.149. The molecule has 1 heterocycles. The van der Waals surface area contributed by atoms with E-state index in [9.17, 15) is 14.7 Å². The van der Waals surface area contributed by atoms with Crippen LogP contribution in [0.1, 0.15) is 32.1 Å². The SMILES string of the molecule is C=CCCC(=O)N1CC2CCCC2C1C(=O)O. The lowest BCUT2D eigenvalue weighted by Gasteiger charge is -2.24. The van der Waals surface area contributed by atoms with Gasteiger partial charge >= 0.3 is 5.97 Å². The standard InChI is InChI=1S/C13H19NO3/c1-2-3-7-11(15)14-8-9-5-4-6-10(9)12(14)13(16)17/h2,9-10,12H,1,3-8H2,(H,16,17). The Morgan fingerprint density at radius 3 is 2.82 bits per heavy atom. The van der Waals surface area contributed by atoms with Crippen LogP contribution in [0.2, 0.25) is 0 Å². The summed E-state index contributed by atoms with van der Waals surface area (Å²) in [6.45, 7) is 4.22. The molecular weight excluding hydrogens is 218 g/mol. The van der Waals surface area contributed by atoms with Crippen LogP contribution in [0.15, 0.2) is 12.7 Å². The number of hydrogen-bond donors (Lipinski definition) is 1. The number of carboxylic acid groups (broad SMARTS) is 1. The molecule has 0 aromatic rings. The molecule has 17 heavy (non-hydrogen) atoms. The molecule has 94 valence electrons. The molecule has 4 heteroatoms. The highest BCUT2D eigenvalue weighted by Gasteiger charge is 2.49. The fraction of sp³-hybridized carbons (Fsp3) is 0.692. The van der Waals surface area contributed by atoms with Gasteiger partial charge in [0.1, 0.15) is 6.04 Å². The maximum absolute atomic E-state index is 12.0. The maximum Gasteiger partial charge on any atom is 0.326 e. The van der Waals surface area contributed by atoms with E-state index < -0.39 is 12.0 Å². The molecule has 1 amide bonds. The van der Waals surface area contributed by atoms with Crippen LogP contribution in [0.5, 0.6) is 0 Å². The summed E-state index contributed by atoms with van der Waals surface area (Å²) in [7, 11) is 0. The average molecular weight is 237 g/mol. The van der Waals surface area contributed by atoms with Gasteiger partial charge in [0.15, 0.2) is 0 Å². The van der Waals surface area contributed by atoms with E-state index in [1.54, 1.807) is 11.0 Å². The van der Waals surface area contributed by atoms with Crippen LogP contribution in [0, 0.1) is 11.8 Å². The number of likely N-dealkylation sites (tertiary alicyclic amines) is 1. The van der Waals surface area contributed by atoms with Gasteiger partial charge in [0.25, 0.3) is 0 Å². The molecule has 1 saturated heterocycles. The summed E-state index contributed by atoms with van der Waals surface area (Å²) in [5.74, 6) is -0.290. The molecule has 2 aliphatic rings. The largest absolute Gasteiger partial charge is 0.480 e. The lowest BCUT2D eigenvalue weighted by Crippen LogP contribution is -2.43.